The van der Waals surface area contributed by atoms with Crippen molar-refractivity contribution in [2.45, 2.75) is 19.9 Å². The number of rotatable bonds is 4. The highest BCUT2D eigenvalue weighted by Crippen LogP contribution is 2.26. The summed E-state index contributed by atoms with van der Waals surface area (Å²) in [5, 5.41) is 0.588. The van der Waals surface area contributed by atoms with Crippen molar-refractivity contribution >= 4 is 23.5 Å². The highest BCUT2D eigenvalue weighted by Gasteiger charge is 2.32. The van der Waals surface area contributed by atoms with Crippen molar-refractivity contribution in [2.24, 2.45) is 5.92 Å². The summed E-state index contributed by atoms with van der Waals surface area (Å²) >= 11 is 6.05. The molecule has 1 amide bonds. The summed E-state index contributed by atoms with van der Waals surface area (Å²) in [5.41, 5.74) is 0.813. The Bertz CT molecular complexity index is 569. The first-order valence-electron chi connectivity index (χ1n) is 7.80. The fourth-order valence-electron chi connectivity index (χ4n) is 2.85. The quantitative estimate of drug-likeness (QED) is 0.791. The van der Waals surface area contributed by atoms with E-state index in [1.54, 1.807) is 12.1 Å². The fourth-order valence-corrected chi connectivity index (χ4v) is 3.05. The zero-order chi connectivity index (χ0) is 17.0. The topological polar surface area (TPSA) is 49.9 Å². The van der Waals surface area contributed by atoms with E-state index in [-0.39, 0.29) is 17.8 Å². The summed E-state index contributed by atoms with van der Waals surface area (Å²) < 4.78 is 4.97. The van der Waals surface area contributed by atoms with E-state index < -0.39 is 6.04 Å². The molecule has 1 aliphatic rings. The first-order valence-corrected chi connectivity index (χ1v) is 8.18. The second-order valence-electron chi connectivity index (χ2n) is 6.00. The number of hydrogen-bond acceptors (Lipinski definition) is 4. The van der Waals surface area contributed by atoms with E-state index in [0.29, 0.717) is 31.2 Å². The minimum Gasteiger partial charge on any atom is -0.468 e. The number of halogens is 1. The number of ether oxygens (including phenoxy) is 1. The van der Waals surface area contributed by atoms with Crippen LogP contribution < -0.4 is 0 Å². The van der Waals surface area contributed by atoms with Crippen LogP contribution in [0.2, 0.25) is 5.02 Å². The molecule has 1 aromatic carbocycles. The van der Waals surface area contributed by atoms with Gasteiger partial charge in [0.25, 0.3) is 0 Å². The summed E-state index contributed by atoms with van der Waals surface area (Å²) in [6, 6.07) is 6.77. The zero-order valence-electron chi connectivity index (χ0n) is 13.8. The maximum Gasteiger partial charge on any atom is 0.327 e. The van der Waals surface area contributed by atoms with E-state index in [1.807, 2.05) is 35.8 Å². The molecule has 0 aromatic heterocycles. The van der Waals surface area contributed by atoms with Gasteiger partial charge in [0.05, 0.1) is 7.11 Å². The van der Waals surface area contributed by atoms with Crippen molar-refractivity contribution in [3.05, 3.63) is 34.9 Å². The molecule has 1 atom stereocenters. The van der Waals surface area contributed by atoms with Crippen molar-refractivity contribution in [3.63, 3.8) is 0 Å². The normalized spacial score (nSPS) is 17.2. The predicted octanol–water partition coefficient (Wildman–Crippen LogP) is 2.35. The van der Waals surface area contributed by atoms with Gasteiger partial charge in [-0.3, -0.25) is 9.69 Å². The minimum absolute atomic E-state index is 0.00844. The second-order valence-corrected chi connectivity index (χ2v) is 6.43. The summed E-state index contributed by atoms with van der Waals surface area (Å²) in [6.45, 7) is 6.29. The predicted molar refractivity (Wildman–Crippen MR) is 89.2 cm³/mol. The molecule has 0 N–H and O–H groups in total. The van der Waals surface area contributed by atoms with Gasteiger partial charge in [0.1, 0.15) is 6.04 Å². The first kappa shape index (κ1) is 17.8. The van der Waals surface area contributed by atoms with Crippen LogP contribution in [0.3, 0.4) is 0 Å². The fraction of sp³-hybridized carbons (Fsp3) is 0.529. The Hall–Kier alpha value is -1.59. The molecule has 1 saturated heterocycles. The molecule has 0 saturated carbocycles. The lowest BCUT2D eigenvalue weighted by atomic mass is 10.0. The van der Waals surface area contributed by atoms with Crippen LogP contribution in [0.5, 0.6) is 0 Å². The SMILES string of the molecule is COC(=O)C(c1cccc(Cl)c1)N1CCN(C(=O)C(C)C)CC1. The van der Waals surface area contributed by atoms with E-state index in [2.05, 4.69) is 0 Å². The number of methoxy groups -OCH3 is 1. The Morgan fingerprint density at radius 2 is 1.83 bits per heavy atom. The van der Waals surface area contributed by atoms with Gasteiger partial charge in [-0.1, -0.05) is 37.6 Å². The zero-order valence-corrected chi connectivity index (χ0v) is 14.5. The van der Waals surface area contributed by atoms with E-state index in [0.717, 1.165) is 5.56 Å². The Morgan fingerprint density at radius 3 is 2.35 bits per heavy atom. The van der Waals surface area contributed by atoms with Crippen LogP contribution in [0.15, 0.2) is 24.3 Å². The lowest BCUT2D eigenvalue weighted by molar-refractivity contribution is -0.149. The molecule has 0 bridgehead atoms. The van der Waals surface area contributed by atoms with Crippen molar-refractivity contribution in [2.75, 3.05) is 33.3 Å². The standard InChI is InChI=1S/C17H23ClN2O3/c1-12(2)16(21)20-9-7-19(8-10-20)15(17(22)23-3)13-5-4-6-14(18)11-13/h4-6,11-12,15H,7-10H2,1-3H3. The van der Waals surface area contributed by atoms with Crippen molar-refractivity contribution in [3.8, 4) is 0 Å². The highest BCUT2D eigenvalue weighted by molar-refractivity contribution is 6.30. The summed E-state index contributed by atoms with van der Waals surface area (Å²) in [4.78, 5) is 28.2. The molecule has 5 nitrogen and oxygen atoms in total. The van der Waals surface area contributed by atoms with Gasteiger partial charge in [-0.05, 0) is 17.7 Å². The minimum atomic E-state index is -0.491. The van der Waals surface area contributed by atoms with Gasteiger partial charge < -0.3 is 9.64 Å². The number of amides is 1. The number of carbonyl (C=O) groups excluding carboxylic acids is 2. The lowest BCUT2D eigenvalue weighted by Gasteiger charge is -2.38. The smallest absolute Gasteiger partial charge is 0.327 e. The third-order valence-corrected chi connectivity index (χ3v) is 4.31. The molecule has 0 aliphatic carbocycles. The monoisotopic (exact) mass is 338 g/mol. The highest BCUT2D eigenvalue weighted by atomic mass is 35.5. The first-order chi connectivity index (χ1) is 10.9. The Balaban J connectivity index is 2.13. The number of piperazine rings is 1. The number of hydrogen-bond donors (Lipinski definition) is 0. The van der Waals surface area contributed by atoms with Crippen molar-refractivity contribution < 1.29 is 14.3 Å². The molecule has 1 aliphatic heterocycles. The van der Waals surface area contributed by atoms with Gasteiger partial charge in [-0.15, -0.1) is 0 Å². The molecular formula is C17H23ClN2O3. The van der Waals surface area contributed by atoms with E-state index in [1.165, 1.54) is 7.11 Å². The third kappa shape index (κ3) is 4.24. The molecule has 0 radical (unpaired) electrons. The number of nitrogens with zero attached hydrogens (tertiary/aromatic N) is 2. The van der Waals surface area contributed by atoms with Crippen LogP contribution >= 0.6 is 11.6 Å². The number of esters is 1. The van der Waals surface area contributed by atoms with E-state index in [9.17, 15) is 9.59 Å². The summed E-state index contributed by atoms with van der Waals surface area (Å²) in [6.07, 6.45) is 0. The Morgan fingerprint density at radius 1 is 1.17 bits per heavy atom. The van der Waals surface area contributed by atoms with Crippen LogP contribution in [0.4, 0.5) is 0 Å². The second kappa shape index (κ2) is 7.79. The van der Waals surface area contributed by atoms with Gasteiger partial charge in [-0.2, -0.15) is 0 Å². The molecule has 1 heterocycles. The molecule has 0 spiro atoms. The number of carbonyl (C=O) groups is 2. The maximum absolute atomic E-state index is 12.3. The summed E-state index contributed by atoms with van der Waals surface area (Å²) in [7, 11) is 1.39. The van der Waals surface area contributed by atoms with Crippen LogP contribution in [0.25, 0.3) is 0 Å². The Kier molecular flexibility index (Phi) is 6.02. The van der Waals surface area contributed by atoms with E-state index in [4.69, 9.17) is 16.3 Å². The van der Waals surface area contributed by atoms with Gasteiger partial charge in [-0.25, -0.2) is 4.79 Å². The number of benzene rings is 1. The van der Waals surface area contributed by atoms with Crippen LogP contribution in [-0.2, 0) is 14.3 Å². The largest absolute Gasteiger partial charge is 0.468 e. The molecule has 1 aromatic rings. The van der Waals surface area contributed by atoms with Crippen LogP contribution in [0, 0.1) is 5.92 Å². The van der Waals surface area contributed by atoms with Crippen molar-refractivity contribution in [1.82, 2.24) is 9.80 Å². The summed E-state index contributed by atoms with van der Waals surface area (Å²) in [5.74, 6) is -0.163. The Labute approximate surface area is 142 Å². The molecule has 126 valence electrons. The third-order valence-electron chi connectivity index (χ3n) is 4.07. The van der Waals surface area contributed by atoms with Gasteiger partial charge in [0, 0.05) is 37.1 Å². The molecule has 1 unspecified atom stereocenters. The average molecular weight is 339 g/mol. The van der Waals surface area contributed by atoms with Gasteiger partial charge in [0.15, 0.2) is 0 Å². The van der Waals surface area contributed by atoms with Crippen LogP contribution in [0.1, 0.15) is 25.5 Å². The van der Waals surface area contributed by atoms with Crippen molar-refractivity contribution in [1.29, 1.82) is 0 Å². The lowest BCUT2D eigenvalue weighted by Crippen LogP contribution is -2.52. The van der Waals surface area contributed by atoms with Gasteiger partial charge in [0.2, 0.25) is 5.91 Å². The molecular weight excluding hydrogens is 316 g/mol. The van der Waals surface area contributed by atoms with Crippen LogP contribution in [-0.4, -0.2) is 55.0 Å². The van der Waals surface area contributed by atoms with Gasteiger partial charge >= 0.3 is 5.97 Å². The molecule has 6 heteroatoms. The molecule has 2 rings (SSSR count). The average Bonchev–Trinajstić information content (AvgIpc) is 2.55. The maximum atomic E-state index is 12.3. The molecule has 23 heavy (non-hydrogen) atoms. The molecule has 1 fully saturated rings. The van der Waals surface area contributed by atoms with E-state index >= 15 is 0 Å².